The first-order chi connectivity index (χ1) is 16.0. The highest BCUT2D eigenvalue weighted by Crippen LogP contribution is 2.24. The van der Waals surface area contributed by atoms with Gasteiger partial charge in [-0.25, -0.2) is 0 Å². The second kappa shape index (κ2) is 15.7. The molecule has 1 rings (SSSR count). The molecule has 5 nitrogen and oxygen atoms in total. The molecule has 2 N–H and O–H groups in total. The number of anilines is 1. The van der Waals surface area contributed by atoms with Crippen LogP contribution in [0.2, 0.25) is 0 Å². The quantitative estimate of drug-likeness (QED) is 0.152. The molecule has 0 atom stereocenters. The number of rotatable bonds is 18. The number of hydrogen-bond acceptors (Lipinski definition) is 4. The molecular formula is C27H45Cl2N3O2. The summed E-state index contributed by atoms with van der Waals surface area (Å²) in [6, 6.07) is 8.60. The zero-order valence-electron chi connectivity index (χ0n) is 21.8. The number of nitrogens with zero attached hydrogens (tertiary/aromatic N) is 1. The normalized spacial score (nSPS) is 12.0. The molecule has 1 amide bonds. The van der Waals surface area contributed by atoms with Crippen molar-refractivity contribution in [3.8, 4) is 0 Å². The van der Waals surface area contributed by atoms with Crippen LogP contribution in [0.4, 0.5) is 5.69 Å². The highest BCUT2D eigenvalue weighted by molar-refractivity contribution is 6.18. The lowest BCUT2D eigenvalue weighted by molar-refractivity contribution is -0.117. The topological polar surface area (TPSA) is 53.6 Å². The van der Waals surface area contributed by atoms with Crippen molar-refractivity contribution in [2.75, 3.05) is 56.1 Å². The number of amides is 1. The van der Waals surface area contributed by atoms with Gasteiger partial charge in [0.1, 0.15) is 0 Å². The van der Waals surface area contributed by atoms with Gasteiger partial charge in [-0.3, -0.25) is 4.79 Å². The maximum Gasteiger partial charge on any atom is 0.246 e. The number of carbonyl (C=O) groups is 1. The van der Waals surface area contributed by atoms with Crippen molar-refractivity contribution >= 4 is 34.8 Å². The molecule has 34 heavy (non-hydrogen) atoms. The lowest BCUT2D eigenvalue weighted by Gasteiger charge is -2.29. The number of benzene rings is 1. The lowest BCUT2D eigenvalue weighted by Crippen LogP contribution is -2.32. The van der Waals surface area contributed by atoms with E-state index in [2.05, 4.69) is 74.1 Å². The molecule has 1 aromatic carbocycles. The van der Waals surface area contributed by atoms with Crippen LogP contribution in [0.5, 0.6) is 0 Å². The van der Waals surface area contributed by atoms with Crippen LogP contribution in [-0.2, 0) is 16.1 Å². The third kappa shape index (κ3) is 13.0. The molecule has 7 heteroatoms. The van der Waals surface area contributed by atoms with Crippen LogP contribution in [0.1, 0.15) is 53.0 Å². The summed E-state index contributed by atoms with van der Waals surface area (Å²) in [7, 11) is 0. The number of nitrogens with one attached hydrogen (secondary N) is 2. The molecule has 0 heterocycles. The van der Waals surface area contributed by atoms with Crippen LogP contribution in [0.3, 0.4) is 0 Å². The smallest absolute Gasteiger partial charge is 0.246 e. The van der Waals surface area contributed by atoms with E-state index in [1.54, 1.807) is 6.92 Å². The minimum atomic E-state index is -0.0825. The fraction of sp³-hybridized carbons (Fsp3) is 0.667. The summed E-state index contributed by atoms with van der Waals surface area (Å²) in [5, 5.41) is 6.45. The van der Waals surface area contributed by atoms with Gasteiger partial charge in [-0.2, -0.15) is 0 Å². The highest BCUT2D eigenvalue weighted by atomic mass is 35.5. The van der Waals surface area contributed by atoms with Gasteiger partial charge in [-0.15, -0.1) is 23.2 Å². The average molecular weight is 515 g/mol. The summed E-state index contributed by atoms with van der Waals surface area (Å²) < 4.78 is 6.08. The molecule has 0 aliphatic heterocycles. The van der Waals surface area contributed by atoms with Crippen molar-refractivity contribution in [2.45, 2.75) is 54.0 Å². The summed E-state index contributed by atoms with van der Waals surface area (Å²) in [6.45, 7) is 19.6. The minimum absolute atomic E-state index is 0.00591. The fourth-order valence-corrected chi connectivity index (χ4v) is 3.88. The first-order valence-corrected chi connectivity index (χ1v) is 13.2. The Bertz CT molecular complexity index is 730. The summed E-state index contributed by atoms with van der Waals surface area (Å²) >= 11 is 11.8. The molecule has 0 bridgehead atoms. The Morgan fingerprint density at radius 1 is 0.971 bits per heavy atom. The van der Waals surface area contributed by atoms with Crippen molar-refractivity contribution < 1.29 is 9.53 Å². The molecule has 0 saturated heterocycles. The zero-order chi connectivity index (χ0) is 25.6. The van der Waals surface area contributed by atoms with Gasteiger partial charge in [0.05, 0.1) is 13.2 Å². The molecule has 194 valence electrons. The van der Waals surface area contributed by atoms with Gasteiger partial charge >= 0.3 is 0 Å². The van der Waals surface area contributed by atoms with Gasteiger partial charge in [-0.1, -0.05) is 46.4 Å². The van der Waals surface area contributed by atoms with Gasteiger partial charge in [0.2, 0.25) is 5.91 Å². The van der Waals surface area contributed by atoms with E-state index in [1.807, 2.05) is 0 Å². The van der Waals surface area contributed by atoms with Crippen molar-refractivity contribution in [3.63, 3.8) is 0 Å². The predicted molar refractivity (Wildman–Crippen MR) is 147 cm³/mol. The average Bonchev–Trinajstić information content (AvgIpc) is 2.76. The number of carbonyl (C=O) groups excluding carboxylic acids is 1. The van der Waals surface area contributed by atoms with Crippen molar-refractivity contribution in [2.24, 2.45) is 10.8 Å². The van der Waals surface area contributed by atoms with Gasteiger partial charge in [-0.05, 0) is 54.8 Å². The van der Waals surface area contributed by atoms with Gasteiger partial charge < -0.3 is 20.3 Å². The van der Waals surface area contributed by atoms with E-state index in [0.29, 0.717) is 37.1 Å². The maximum atomic E-state index is 11.6. The zero-order valence-corrected chi connectivity index (χ0v) is 23.3. The lowest BCUT2D eigenvalue weighted by atomic mass is 9.89. The largest absolute Gasteiger partial charge is 0.380 e. The van der Waals surface area contributed by atoms with E-state index in [-0.39, 0.29) is 16.7 Å². The third-order valence-electron chi connectivity index (χ3n) is 5.78. The molecular weight excluding hydrogens is 469 g/mol. The monoisotopic (exact) mass is 513 g/mol. The highest BCUT2D eigenvalue weighted by Gasteiger charge is 2.22. The number of ether oxygens (including phenoxy) is 1. The van der Waals surface area contributed by atoms with Gasteiger partial charge in [0.25, 0.3) is 0 Å². The maximum absolute atomic E-state index is 11.6. The van der Waals surface area contributed by atoms with Crippen LogP contribution in [0, 0.1) is 10.8 Å². The minimum Gasteiger partial charge on any atom is -0.380 e. The Balaban J connectivity index is 2.31. The Labute approximate surface area is 217 Å². The Morgan fingerprint density at radius 3 is 2.00 bits per heavy atom. The van der Waals surface area contributed by atoms with Crippen LogP contribution in [0.15, 0.2) is 36.4 Å². The fourth-order valence-electron chi connectivity index (χ4n) is 3.47. The summed E-state index contributed by atoms with van der Waals surface area (Å²) in [5.41, 5.74) is 3.05. The molecule has 0 aromatic heterocycles. The van der Waals surface area contributed by atoms with Crippen LogP contribution < -0.4 is 15.5 Å². The molecule has 0 saturated carbocycles. The first-order valence-electron chi connectivity index (χ1n) is 12.2. The second-order valence-corrected chi connectivity index (χ2v) is 11.3. The van der Waals surface area contributed by atoms with Crippen molar-refractivity contribution in [1.82, 2.24) is 10.6 Å². The number of alkyl halides is 2. The molecule has 0 aliphatic rings. The molecule has 0 aliphatic carbocycles. The third-order valence-corrected chi connectivity index (χ3v) is 6.12. The van der Waals surface area contributed by atoms with E-state index in [9.17, 15) is 4.79 Å². The van der Waals surface area contributed by atoms with E-state index in [0.717, 1.165) is 44.7 Å². The molecule has 0 spiro atoms. The standard InChI is InChI=1S/C27H45Cl2N3O2/c1-22(2)25(33)31-16-12-27(5,6)21-34-20-26(3,4)11-15-30-19-23-7-9-24(10-8-23)32(17-13-28)18-14-29/h7-10,30H,1,11-21H2,2-6H3,(H,31,33). The first kappa shape index (κ1) is 30.8. The van der Waals surface area contributed by atoms with E-state index >= 15 is 0 Å². The van der Waals surface area contributed by atoms with Crippen molar-refractivity contribution in [3.05, 3.63) is 42.0 Å². The van der Waals surface area contributed by atoms with Gasteiger partial charge in [0.15, 0.2) is 0 Å². The summed E-state index contributed by atoms with van der Waals surface area (Å²) in [5.74, 6) is 1.09. The van der Waals surface area contributed by atoms with E-state index in [4.69, 9.17) is 27.9 Å². The molecule has 0 radical (unpaired) electrons. The SMILES string of the molecule is C=C(C)C(=O)NCCC(C)(C)COCC(C)(C)CCNCc1ccc(N(CCCl)CCCl)cc1. The second-order valence-electron chi connectivity index (χ2n) is 10.6. The molecule has 0 fully saturated rings. The number of hydrogen-bond donors (Lipinski definition) is 2. The molecule has 1 aromatic rings. The Kier molecular flexibility index (Phi) is 14.2. The predicted octanol–water partition coefficient (Wildman–Crippen LogP) is 5.60. The Hall–Kier alpha value is -1.27. The van der Waals surface area contributed by atoms with Crippen LogP contribution >= 0.6 is 23.2 Å². The number of halogens is 2. The van der Waals surface area contributed by atoms with E-state index < -0.39 is 0 Å². The van der Waals surface area contributed by atoms with Crippen LogP contribution in [0.25, 0.3) is 0 Å². The summed E-state index contributed by atoms with van der Waals surface area (Å²) in [4.78, 5) is 13.8. The Morgan fingerprint density at radius 2 is 1.50 bits per heavy atom. The molecule has 0 unspecified atom stereocenters. The van der Waals surface area contributed by atoms with E-state index in [1.165, 1.54) is 5.56 Å². The summed E-state index contributed by atoms with van der Waals surface area (Å²) in [6.07, 6.45) is 1.89. The van der Waals surface area contributed by atoms with Crippen LogP contribution in [-0.4, -0.2) is 57.1 Å². The van der Waals surface area contributed by atoms with Crippen molar-refractivity contribution in [1.29, 1.82) is 0 Å². The van der Waals surface area contributed by atoms with Gasteiger partial charge in [0, 0.05) is 49.2 Å².